The third kappa shape index (κ3) is 3.14. The minimum atomic E-state index is -0.758. The SMILES string of the molecule is O=C(O)[C@@H]1C[C@@H](Cc2ccccc2)[C@H](c2ccccc2)N1. The van der Waals surface area contributed by atoms with Gasteiger partial charge in [0.1, 0.15) is 6.04 Å². The van der Waals surface area contributed by atoms with Crippen molar-refractivity contribution < 1.29 is 9.90 Å². The fourth-order valence-electron chi connectivity index (χ4n) is 3.18. The largest absolute Gasteiger partial charge is 0.480 e. The van der Waals surface area contributed by atoms with E-state index in [9.17, 15) is 9.90 Å². The maximum absolute atomic E-state index is 11.3. The lowest BCUT2D eigenvalue weighted by molar-refractivity contribution is -0.139. The van der Waals surface area contributed by atoms with E-state index < -0.39 is 12.0 Å². The summed E-state index contributed by atoms with van der Waals surface area (Å²) < 4.78 is 0. The van der Waals surface area contributed by atoms with Crippen molar-refractivity contribution in [1.29, 1.82) is 0 Å². The highest BCUT2D eigenvalue weighted by Crippen LogP contribution is 2.35. The van der Waals surface area contributed by atoms with Gasteiger partial charge in [0, 0.05) is 6.04 Å². The average molecular weight is 281 g/mol. The van der Waals surface area contributed by atoms with Gasteiger partial charge in [-0.25, -0.2) is 0 Å². The van der Waals surface area contributed by atoms with E-state index in [1.54, 1.807) is 0 Å². The monoisotopic (exact) mass is 281 g/mol. The molecule has 0 radical (unpaired) electrons. The van der Waals surface area contributed by atoms with Gasteiger partial charge in [0.15, 0.2) is 0 Å². The number of rotatable bonds is 4. The van der Waals surface area contributed by atoms with Crippen molar-refractivity contribution in [3.8, 4) is 0 Å². The van der Waals surface area contributed by atoms with E-state index in [0.717, 1.165) is 6.42 Å². The van der Waals surface area contributed by atoms with Gasteiger partial charge in [-0.05, 0) is 29.9 Å². The Kier molecular flexibility index (Phi) is 4.02. The first kappa shape index (κ1) is 13.8. The van der Waals surface area contributed by atoms with Crippen LogP contribution in [0.4, 0.5) is 0 Å². The van der Waals surface area contributed by atoms with E-state index in [0.29, 0.717) is 12.3 Å². The second kappa shape index (κ2) is 6.10. The second-order valence-corrected chi connectivity index (χ2v) is 5.63. The zero-order valence-electron chi connectivity index (χ0n) is 11.8. The van der Waals surface area contributed by atoms with Crippen LogP contribution in [0.25, 0.3) is 0 Å². The minimum Gasteiger partial charge on any atom is -0.480 e. The standard InChI is InChI=1S/C18H19NO2/c20-18(21)16-12-15(11-13-7-3-1-4-8-13)17(19-16)14-9-5-2-6-10-14/h1-10,15-17,19H,11-12H2,(H,20,21)/t15-,16+,17+/m1/s1. The van der Waals surface area contributed by atoms with Gasteiger partial charge in [-0.1, -0.05) is 60.7 Å². The maximum Gasteiger partial charge on any atom is 0.320 e. The minimum absolute atomic E-state index is 0.104. The molecule has 1 heterocycles. The first-order valence-electron chi connectivity index (χ1n) is 7.32. The topological polar surface area (TPSA) is 49.3 Å². The van der Waals surface area contributed by atoms with Crippen molar-refractivity contribution in [1.82, 2.24) is 5.32 Å². The number of hydrogen-bond acceptors (Lipinski definition) is 2. The van der Waals surface area contributed by atoms with Crippen molar-refractivity contribution in [3.05, 3.63) is 71.8 Å². The molecular formula is C18H19NO2. The van der Waals surface area contributed by atoms with Crippen LogP contribution in [0.3, 0.4) is 0 Å². The van der Waals surface area contributed by atoms with Crippen molar-refractivity contribution in [2.75, 3.05) is 0 Å². The van der Waals surface area contributed by atoms with Crippen LogP contribution in [0.1, 0.15) is 23.6 Å². The Balaban J connectivity index is 1.83. The van der Waals surface area contributed by atoms with Crippen LogP contribution in [0.2, 0.25) is 0 Å². The highest BCUT2D eigenvalue weighted by molar-refractivity contribution is 5.74. The summed E-state index contributed by atoms with van der Waals surface area (Å²) in [5, 5.41) is 12.6. The van der Waals surface area contributed by atoms with Gasteiger partial charge in [-0.3, -0.25) is 10.1 Å². The Morgan fingerprint density at radius 2 is 1.67 bits per heavy atom. The summed E-state index contributed by atoms with van der Waals surface area (Å²) in [5.74, 6) is -0.456. The fraction of sp³-hybridized carbons (Fsp3) is 0.278. The third-order valence-electron chi connectivity index (χ3n) is 4.19. The molecular weight excluding hydrogens is 262 g/mol. The van der Waals surface area contributed by atoms with E-state index in [-0.39, 0.29) is 6.04 Å². The Bertz CT molecular complexity index is 597. The number of carbonyl (C=O) groups is 1. The van der Waals surface area contributed by atoms with Crippen LogP contribution >= 0.6 is 0 Å². The molecule has 2 aromatic rings. The predicted molar refractivity (Wildman–Crippen MR) is 82.0 cm³/mol. The average Bonchev–Trinajstić information content (AvgIpc) is 2.93. The van der Waals surface area contributed by atoms with Gasteiger partial charge in [0.2, 0.25) is 0 Å². The number of aliphatic carboxylic acids is 1. The molecule has 0 aliphatic carbocycles. The molecule has 0 bridgehead atoms. The second-order valence-electron chi connectivity index (χ2n) is 5.63. The molecule has 2 aromatic carbocycles. The molecule has 21 heavy (non-hydrogen) atoms. The van der Waals surface area contributed by atoms with E-state index >= 15 is 0 Å². The lowest BCUT2D eigenvalue weighted by Crippen LogP contribution is -2.31. The van der Waals surface area contributed by atoms with E-state index in [1.165, 1.54) is 11.1 Å². The maximum atomic E-state index is 11.3. The molecule has 1 aliphatic heterocycles. The van der Waals surface area contributed by atoms with Gasteiger partial charge < -0.3 is 5.11 Å². The molecule has 2 N–H and O–H groups in total. The zero-order valence-corrected chi connectivity index (χ0v) is 11.8. The number of benzene rings is 2. The van der Waals surface area contributed by atoms with Crippen molar-refractivity contribution in [3.63, 3.8) is 0 Å². The van der Waals surface area contributed by atoms with Crippen molar-refractivity contribution in [2.24, 2.45) is 5.92 Å². The number of carboxylic acids is 1. The molecule has 0 unspecified atom stereocenters. The Hall–Kier alpha value is -2.13. The lowest BCUT2D eigenvalue weighted by Gasteiger charge is -2.20. The van der Waals surface area contributed by atoms with E-state index in [2.05, 4.69) is 29.6 Å². The molecule has 108 valence electrons. The molecule has 3 heteroatoms. The highest BCUT2D eigenvalue weighted by Gasteiger charge is 2.37. The summed E-state index contributed by atoms with van der Waals surface area (Å²) >= 11 is 0. The summed E-state index contributed by atoms with van der Waals surface area (Å²) in [6.07, 6.45) is 1.57. The van der Waals surface area contributed by atoms with Gasteiger partial charge in [-0.15, -0.1) is 0 Å². The Morgan fingerprint density at radius 1 is 1.05 bits per heavy atom. The van der Waals surface area contributed by atoms with Gasteiger partial charge in [0.05, 0.1) is 0 Å². The molecule has 0 amide bonds. The quantitative estimate of drug-likeness (QED) is 0.905. The van der Waals surface area contributed by atoms with Crippen LogP contribution in [0.15, 0.2) is 60.7 Å². The molecule has 3 rings (SSSR count). The Morgan fingerprint density at radius 3 is 2.29 bits per heavy atom. The summed E-state index contributed by atoms with van der Waals surface area (Å²) in [6, 6.07) is 20.1. The summed E-state index contributed by atoms with van der Waals surface area (Å²) in [4.78, 5) is 11.3. The van der Waals surface area contributed by atoms with Crippen molar-refractivity contribution in [2.45, 2.75) is 24.9 Å². The molecule has 0 aromatic heterocycles. The van der Waals surface area contributed by atoms with Gasteiger partial charge in [-0.2, -0.15) is 0 Å². The normalized spacial score (nSPS) is 24.9. The summed E-state index contributed by atoms with van der Waals surface area (Å²) in [7, 11) is 0. The lowest BCUT2D eigenvalue weighted by atomic mass is 9.88. The van der Waals surface area contributed by atoms with E-state index in [4.69, 9.17) is 0 Å². The smallest absolute Gasteiger partial charge is 0.320 e. The van der Waals surface area contributed by atoms with Crippen LogP contribution in [0, 0.1) is 5.92 Å². The van der Waals surface area contributed by atoms with Gasteiger partial charge >= 0.3 is 5.97 Å². The molecule has 1 fully saturated rings. The molecule has 1 aliphatic rings. The van der Waals surface area contributed by atoms with Crippen LogP contribution in [0.5, 0.6) is 0 Å². The van der Waals surface area contributed by atoms with Crippen LogP contribution < -0.4 is 5.32 Å². The first-order chi connectivity index (χ1) is 10.2. The Labute approximate surface area is 124 Å². The van der Waals surface area contributed by atoms with Crippen molar-refractivity contribution >= 4 is 5.97 Å². The number of nitrogens with one attached hydrogen (secondary N) is 1. The van der Waals surface area contributed by atoms with Crippen LogP contribution in [-0.4, -0.2) is 17.1 Å². The summed E-state index contributed by atoms with van der Waals surface area (Å²) in [6.45, 7) is 0. The fourth-order valence-corrected chi connectivity index (χ4v) is 3.18. The number of hydrogen-bond donors (Lipinski definition) is 2. The number of carboxylic acid groups (broad SMARTS) is 1. The molecule has 3 nitrogen and oxygen atoms in total. The summed E-state index contributed by atoms with van der Waals surface area (Å²) in [5.41, 5.74) is 2.43. The first-order valence-corrected chi connectivity index (χ1v) is 7.32. The van der Waals surface area contributed by atoms with Gasteiger partial charge in [0.25, 0.3) is 0 Å². The molecule has 0 saturated carbocycles. The molecule has 1 saturated heterocycles. The van der Waals surface area contributed by atoms with E-state index in [1.807, 2.05) is 36.4 Å². The highest BCUT2D eigenvalue weighted by atomic mass is 16.4. The van der Waals surface area contributed by atoms with Crippen LogP contribution in [-0.2, 0) is 11.2 Å². The zero-order chi connectivity index (χ0) is 14.7. The molecule has 3 atom stereocenters. The molecule has 0 spiro atoms. The predicted octanol–water partition coefficient (Wildman–Crippen LogP) is 3.03. The third-order valence-corrected chi connectivity index (χ3v) is 4.19.